The van der Waals surface area contributed by atoms with E-state index in [-0.39, 0.29) is 6.04 Å². The van der Waals surface area contributed by atoms with E-state index in [9.17, 15) is 0 Å². The second-order valence-electron chi connectivity index (χ2n) is 4.61. The highest BCUT2D eigenvalue weighted by molar-refractivity contribution is 9.08. The summed E-state index contributed by atoms with van der Waals surface area (Å²) in [6.07, 6.45) is 1.55. The van der Waals surface area contributed by atoms with Crippen LogP contribution in [0.3, 0.4) is 0 Å². The molecule has 0 amide bonds. The van der Waals surface area contributed by atoms with Gasteiger partial charge in [-0.25, -0.2) is 9.67 Å². The summed E-state index contributed by atoms with van der Waals surface area (Å²) in [5.41, 5.74) is 1.07. The van der Waals surface area contributed by atoms with Gasteiger partial charge in [-0.05, 0) is 19.9 Å². The molecule has 0 saturated heterocycles. The number of benzene rings is 1. The monoisotopic (exact) mass is 339 g/mol. The largest absolute Gasteiger partial charge is 0.497 e. The highest BCUT2D eigenvalue weighted by atomic mass is 79.9. The lowest BCUT2D eigenvalue weighted by Gasteiger charge is -2.13. The highest BCUT2D eigenvalue weighted by Crippen LogP contribution is 2.27. The lowest BCUT2D eigenvalue weighted by molar-refractivity contribution is 0.279. The second kappa shape index (κ2) is 6.74. The van der Waals surface area contributed by atoms with E-state index in [1.807, 2.05) is 22.9 Å². The Morgan fingerprint density at radius 1 is 1.35 bits per heavy atom. The average Bonchev–Trinajstić information content (AvgIpc) is 2.93. The first-order chi connectivity index (χ1) is 9.65. The Bertz CT molecular complexity index is 569. The van der Waals surface area contributed by atoms with Crippen LogP contribution in [0.1, 0.15) is 31.3 Å². The molecule has 1 aromatic carbocycles. The van der Waals surface area contributed by atoms with Crippen LogP contribution in [0.2, 0.25) is 0 Å². The van der Waals surface area contributed by atoms with E-state index in [0.717, 1.165) is 28.2 Å². The number of methoxy groups -OCH3 is 1. The maximum atomic E-state index is 5.87. The summed E-state index contributed by atoms with van der Waals surface area (Å²) in [5, 5.41) is 4.92. The van der Waals surface area contributed by atoms with Gasteiger partial charge in [0, 0.05) is 23.0 Å². The van der Waals surface area contributed by atoms with Crippen molar-refractivity contribution >= 4 is 15.9 Å². The van der Waals surface area contributed by atoms with Gasteiger partial charge in [-0.2, -0.15) is 5.10 Å². The van der Waals surface area contributed by atoms with E-state index < -0.39 is 0 Å². The van der Waals surface area contributed by atoms with E-state index in [2.05, 4.69) is 39.9 Å². The molecule has 0 saturated carbocycles. The van der Waals surface area contributed by atoms with E-state index in [4.69, 9.17) is 9.47 Å². The lowest BCUT2D eigenvalue weighted by Crippen LogP contribution is -2.11. The van der Waals surface area contributed by atoms with Gasteiger partial charge in [-0.3, -0.25) is 0 Å². The maximum Gasteiger partial charge on any atom is 0.165 e. The fraction of sp³-hybridized carbons (Fsp3) is 0.429. The topological polar surface area (TPSA) is 49.2 Å². The van der Waals surface area contributed by atoms with Crippen LogP contribution < -0.4 is 9.47 Å². The number of hydrogen-bond acceptors (Lipinski definition) is 4. The minimum Gasteiger partial charge on any atom is -0.497 e. The Hall–Kier alpha value is -1.56. The van der Waals surface area contributed by atoms with Crippen LogP contribution in [0.15, 0.2) is 24.5 Å². The zero-order valence-corrected chi connectivity index (χ0v) is 13.4. The van der Waals surface area contributed by atoms with E-state index >= 15 is 0 Å². The van der Waals surface area contributed by atoms with E-state index in [1.54, 1.807) is 13.4 Å². The Kier molecular flexibility index (Phi) is 5.00. The number of rotatable bonds is 6. The summed E-state index contributed by atoms with van der Waals surface area (Å²) in [7, 11) is 1.64. The van der Waals surface area contributed by atoms with Crippen molar-refractivity contribution < 1.29 is 9.47 Å². The summed E-state index contributed by atoms with van der Waals surface area (Å²) in [5.74, 6) is 2.37. The van der Waals surface area contributed by atoms with E-state index in [0.29, 0.717) is 6.61 Å². The summed E-state index contributed by atoms with van der Waals surface area (Å²) in [6.45, 7) is 4.51. The molecule has 0 aliphatic carbocycles. The van der Waals surface area contributed by atoms with Crippen LogP contribution >= 0.6 is 15.9 Å². The van der Waals surface area contributed by atoms with Crippen molar-refractivity contribution in [2.24, 2.45) is 0 Å². The first kappa shape index (κ1) is 14.8. The number of nitrogens with zero attached hydrogens (tertiary/aromatic N) is 3. The number of aromatic nitrogens is 3. The maximum absolute atomic E-state index is 5.87. The van der Waals surface area contributed by atoms with Gasteiger partial charge in [0.15, 0.2) is 5.82 Å². The molecule has 2 aromatic rings. The molecule has 1 aromatic heterocycles. The molecule has 20 heavy (non-hydrogen) atoms. The van der Waals surface area contributed by atoms with Gasteiger partial charge in [-0.15, -0.1) is 0 Å². The van der Waals surface area contributed by atoms with Crippen LogP contribution in [-0.4, -0.2) is 21.9 Å². The Balaban J connectivity index is 2.15. The Labute approximate surface area is 127 Å². The molecule has 0 atom stereocenters. The van der Waals surface area contributed by atoms with Crippen molar-refractivity contribution in [1.29, 1.82) is 0 Å². The molecule has 1 heterocycles. The predicted molar refractivity (Wildman–Crippen MR) is 80.4 cm³/mol. The lowest BCUT2D eigenvalue weighted by atomic mass is 10.2. The minimum atomic E-state index is 0.261. The number of hydrogen-bond donors (Lipinski definition) is 0. The molecule has 2 rings (SSSR count). The van der Waals surface area contributed by atoms with Crippen LogP contribution in [0, 0.1) is 0 Å². The third kappa shape index (κ3) is 3.30. The van der Waals surface area contributed by atoms with Crippen LogP contribution in [0.25, 0.3) is 0 Å². The molecular weight excluding hydrogens is 322 g/mol. The van der Waals surface area contributed by atoms with Crippen molar-refractivity contribution in [2.45, 2.75) is 31.8 Å². The quantitative estimate of drug-likeness (QED) is 0.757. The summed E-state index contributed by atoms with van der Waals surface area (Å²) < 4.78 is 13.0. The predicted octanol–water partition coefficient (Wildman–Crippen LogP) is 3.34. The molecule has 0 aliphatic heterocycles. The molecule has 6 heteroatoms. The summed E-state index contributed by atoms with van der Waals surface area (Å²) in [4.78, 5) is 4.23. The third-order valence-electron chi connectivity index (χ3n) is 2.91. The molecule has 0 unspecified atom stereocenters. The molecule has 108 valence electrons. The van der Waals surface area contributed by atoms with Crippen molar-refractivity contribution in [3.05, 3.63) is 35.9 Å². The molecule has 0 bridgehead atoms. The van der Waals surface area contributed by atoms with Gasteiger partial charge in [0.25, 0.3) is 0 Å². The van der Waals surface area contributed by atoms with Crippen LogP contribution in [0.4, 0.5) is 0 Å². The van der Waals surface area contributed by atoms with Gasteiger partial charge >= 0.3 is 0 Å². The van der Waals surface area contributed by atoms with Crippen molar-refractivity contribution in [3.8, 4) is 11.5 Å². The normalized spacial score (nSPS) is 10.8. The van der Waals surface area contributed by atoms with E-state index in [1.165, 1.54) is 0 Å². The summed E-state index contributed by atoms with van der Waals surface area (Å²) >= 11 is 3.46. The molecule has 0 aliphatic rings. The molecular formula is C14H18BrN3O2. The van der Waals surface area contributed by atoms with Gasteiger partial charge < -0.3 is 9.47 Å². The van der Waals surface area contributed by atoms with Gasteiger partial charge in [0.1, 0.15) is 24.4 Å². The fourth-order valence-corrected chi connectivity index (χ4v) is 2.32. The van der Waals surface area contributed by atoms with Gasteiger partial charge in [0.2, 0.25) is 0 Å². The van der Waals surface area contributed by atoms with Crippen molar-refractivity contribution in [1.82, 2.24) is 14.8 Å². The van der Waals surface area contributed by atoms with Crippen molar-refractivity contribution in [3.63, 3.8) is 0 Å². The van der Waals surface area contributed by atoms with Gasteiger partial charge in [-0.1, -0.05) is 22.0 Å². The zero-order valence-electron chi connectivity index (χ0n) is 11.8. The highest BCUT2D eigenvalue weighted by Gasteiger charge is 2.10. The van der Waals surface area contributed by atoms with Crippen LogP contribution in [0.5, 0.6) is 11.5 Å². The first-order valence-corrected chi connectivity index (χ1v) is 7.52. The number of ether oxygens (including phenoxy) is 2. The Morgan fingerprint density at radius 2 is 2.15 bits per heavy atom. The third-order valence-corrected chi connectivity index (χ3v) is 3.52. The first-order valence-electron chi connectivity index (χ1n) is 6.39. The molecule has 0 fully saturated rings. The minimum absolute atomic E-state index is 0.261. The smallest absolute Gasteiger partial charge is 0.165 e. The molecule has 0 radical (unpaired) electrons. The second-order valence-corrected chi connectivity index (χ2v) is 5.17. The number of alkyl halides is 1. The average molecular weight is 340 g/mol. The SMILES string of the molecule is COc1ccc(CBr)c(OCc2ncnn2C(C)C)c1. The standard InChI is InChI=1S/C14H18BrN3O2/c1-10(2)18-14(16-9-17-18)8-20-13-6-12(19-3)5-4-11(13)7-15/h4-6,9-10H,7-8H2,1-3H3. The number of halogens is 1. The fourth-order valence-electron chi connectivity index (χ4n) is 1.86. The molecule has 0 N–H and O–H groups in total. The van der Waals surface area contributed by atoms with Gasteiger partial charge in [0.05, 0.1) is 7.11 Å². The summed E-state index contributed by atoms with van der Waals surface area (Å²) in [6, 6.07) is 6.04. The molecule has 0 spiro atoms. The van der Waals surface area contributed by atoms with Crippen molar-refractivity contribution in [2.75, 3.05) is 7.11 Å². The Morgan fingerprint density at radius 3 is 2.80 bits per heavy atom. The zero-order chi connectivity index (χ0) is 14.5. The molecule has 5 nitrogen and oxygen atoms in total. The van der Waals surface area contributed by atoms with Crippen LogP contribution in [-0.2, 0) is 11.9 Å².